The third-order valence-electron chi connectivity index (χ3n) is 6.12. The quantitative estimate of drug-likeness (QED) is 0.409. The molecule has 3 aromatic rings. The summed E-state index contributed by atoms with van der Waals surface area (Å²) >= 11 is 0. The lowest BCUT2D eigenvalue weighted by Crippen LogP contribution is -2.34. The highest BCUT2D eigenvalue weighted by Gasteiger charge is 2.43. The fourth-order valence-corrected chi connectivity index (χ4v) is 4.33. The van der Waals surface area contributed by atoms with Gasteiger partial charge in [0.05, 0.1) is 19.1 Å². The molecule has 10 heteroatoms. The Morgan fingerprint density at radius 3 is 2.63 bits per heavy atom. The molecular formula is C25H30F3N5O2. The van der Waals surface area contributed by atoms with Gasteiger partial charge in [0.15, 0.2) is 0 Å². The molecule has 0 aliphatic heterocycles. The fraction of sp³-hybridized carbons (Fsp3) is 0.480. The number of rotatable bonds is 7. The summed E-state index contributed by atoms with van der Waals surface area (Å²) in [6.07, 6.45) is -1.89. The predicted molar refractivity (Wildman–Crippen MR) is 127 cm³/mol. The van der Waals surface area contributed by atoms with Crippen LogP contribution in [0, 0.1) is 12.8 Å². The first-order chi connectivity index (χ1) is 16.6. The molecule has 1 N–H and O–H groups in total. The molecule has 1 aromatic carbocycles. The smallest absolute Gasteiger partial charge is 0.391 e. The average molecular weight is 490 g/mol. The van der Waals surface area contributed by atoms with Crippen LogP contribution in [0.5, 0.6) is 11.8 Å². The largest absolute Gasteiger partial charge is 0.496 e. The molecule has 35 heavy (non-hydrogen) atoms. The Balaban J connectivity index is 1.53. The van der Waals surface area contributed by atoms with Crippen molar-refractivity contribution in [1.29, 1.82) is 0 Å². The van der Waals surface area contributed by atoms with Gasteiger partial charge < -0.3 is 14.8 Å². The standard InChI is InChI=1S/C25H30F3N5O2/c1-15(2)33-24(35-20-7-5-6-18(13-20)25(26,27)28)31-23(32-33)30-19-8-9-21(22(14-19)34-4)17-10-11-29-16(3)12-17/h8-12,14-15,18,20H,5-7,13H2,1-4H3,(H,30,32). The Labute approximate surface area is 202 Å². The average Bonchev–Trinajstić information content (AvgIpc) is 3.21. The van der Waals surface area contributed by atoms with Crippen LogP contribution in [0.4, 0.5) is 24.8 Å². The van der Waals surface area contributed by atoms with Gasteiger partial charge in [0.25, 0.3) is 0 Å². The van der Waals surface area contributed by atoms with E-state index in [1.165, 1.54) is 0 Å². The maximum Gasteiger partial charge on any atom is 0.391 e. The van der Waals surface area contributed by atoms with Gasteiger partial charge in [0.2, 0.25) is 5.95 Å². The van der Waals surface area contributed by atoms with Crippen molar-refractivity contribution in [2.24, 2.45) is 5.92 Å². The van der Waals surface area contributed by atoms with Crippen molar-refractivity contribution in [2.75, 3.05) is 12.4 Å². The van der Waals surface area contributed by atoms with E-state index in [-0.39, 0.29) is 24.9 Å². The van der Waals surface area contributed by atoms with Gasteiger partial charge in [0.1, 0.15) is 11.9 Å². The third-order valence-corrected chi connectivity index (χ3v) is 6.12. The van der Waals surface area contributed by atoms with Gasteiger partial charge >= 0.3 is 12.2 Å². The lowest BCUT2D eigenvalue weighted by Gasteiger charge is -2.30. The van der Waals surface area contributed by atoms with Crippen LogP contribution in [0.2, 0.25) is 0 Å². The zero-order valence-corrected chi connectivity index (χ0v) is 20.3. The van der Waals surface area contributed by atoms with Crippen molar-refractivity contribution in [3.8, 4) is 22.9 Å². The van der Waals surface area contributed by atoms with Crippen LogP contribution in [-0.2, 0) is 0 Å². The van der Waals surface area contributed by atoms with Gasteiger partial charge in [-0.25, -0.2) is 4.68 Å². The van der Waals surface area contributed by atoms with Gasteiger partial charge in [-0.15, -0.1) is 5.10 Å². The topological polar surface area (TPSA) is 74.1 Å². The molecule has 7 nitrogen and oxygen atoms in total. The Kier molecular flexibility index (Phi) is 7.18. The molecule has 2 aromatic heterocycles. The maximum absolute atomic E-state index is 13.2. The zero-order chi connectivity index (χ0) is 25.2. The molecule has 2 unspecified atom stereocenters. The van der Waals surface area contributed by atoms with E-state index in [2.05, 4.69) is 20.4 Å². The van der Waals surface area contributed by atoms with Crippen molar-refractivity contribution < 1.29 is 22.6 Å². The maximum atomic E-state index is 13.2. The van der Waals surface area contributed by atoms with Gasteiger partial charge in [-0.3, -0.25) is 4.98 Å². The summed E-state index contributed by atoms with van der Waals surface area (Å²) in [6.45, 7) is 5.76. The molecule has 188 valence electrons. The number of methoxy groups -OCH3 is 1. The second kappa shape index (κ2) is 10.1. The van der Waals surface area contributed by atoms with Crippen LogP contribution in [-0.4, -0.2) is 39.1 Å². The van der Waals surface area contributed by atoms with Crippen LogP contribution >= 0.6 is 0 Å². The molecule has 1 aliphatic carbocycles. The molecule has 0 saturated heterocycles. The Bertz CT molecular complexity index is 1160. The minimum atomic E-state index is -4.21. The van der Waals surface area contributed by atoms with Crippen LogP contribution < -0.4 is 14.8 Å². The van der Waals surface area contributed by atoms with Crippen molar-refractivity contribution >= 4 is 11.6 Å². The minimum Gasteiger partial charge on any atom is -0.496 e. The number of anilines is 2. The van der Waals surface area contributed by atoms with Gasteiger partial charge in [0, 0.05) is 29.2 Å². The number of ether oxygens (including phenoxy) is 2. The van der Waals surface area contributed by atoms with E-state index in [4.69, 9.17) is 9.47 Å². The Morgan fingerprint density at radius 2 is 1.94 bits per heavy atom. The second-order valence-electron chi connectivity index (χ2n) is 9.13. The van der Waals surface area contributed by atoms with Crippen molar-refractivity contribution in [3.05, 3.63) is 42.2 Å². The highest BCUT2D eigenvalue weighted by molar-refractivity contribution is 5.74. The van der Waals surface area contributed by atoms with E-state index < -0.39 is 18.2 Å². The second-order valence-corrected chi connectivity index (χ2v) is 9.13. The monoisotopic (exact) mass is 489 g/mol. The molecule has 0 radical (unpaired) electrons. The minimum absolute atomic E-state index is 0.0651. The first-order valence-electron chi connectivity index (χ1n) is 11.7. The number of alkyl halides is 3. The van der Waals surface area contributed by atoms with Crippen molar-refractivity contribution in [2.45, 2.75) is 64.8 Å². The molecule has 0 bridgehead atoms. The summed E-state index contributed by atoms with van der Waals surface area (Å²) < 4.78 is 52.8. The molecule has 0 spiro atoms. The molecule has 1 saturated carbocycles. The summed E-state index contributed by atoms with van der Waals surface area (Å²) in [7, 11) is 1.60. The van der Waals surface area contributed by atoms with Gasteiger partial charge in [-0.2, -0.15) is 18.2 Å². The first-order valence-corrected chi connectivity index (χ1v) is 11.7. The molecule has 0 amide bonds. The first kappa shape index (κ1) is 24.8. The predicted octanol–water partition coefficient (Wildman–Crippen LogP) is 6.48. The summed E-state index contributed by atoms with van der Waals surface area (Å²) in [6, 6.07) is 9.70. The third kappa shape index (κ3) is 5.86. The summed E-state index contributed by atoms with van der Waals surface area (Å²) in [5, 5.41) is 7.64. The number of pyridine rings is 1. The molecule has 4 rings (SSSR count). The van der Waals surface area contributed by atoms with Gasteiger partial charge in [-0.05, 0) is 76.3 Å². The van der Waals surface area contributed by atoms with E-state index >= 15 is 0 Å². The number of hydrogen-bond acceptors (Lipinski definition) is 6. The molecule has 1 aliphatic rings. The summed E-state index contributed by atoms with van der Waals surface area (Å²) in [4.78, 5) is 8.68. The Morgan fingerprint density at radius 1 is 1.14 bits per heavy atom. The highest BCUT2D eigenvalue weighted by atomic mass is 19.4. The van der Waals surface area contributed by atoms with E-state index in [0.29, 0.717) is 30.2 Å². The lowest BCUT2D eigenvalue weighted by molar-refractivity contribution is -0.188. The molecular weight excluding hydrogens is 459 g/mol. The SMILES string of the molecule is COc1cc(Nc2nc(OC3CCCC(C(F)(F)F)C3)n(C(C)C)n2)ccc1-c1ccnc(C)c1. The van der Waals surface area contributed by atoms with E-state index in [1.54, 1.807) is 18.0 Å². The number of halogens is 3. The fourth-order valence-electron chi connectivity index (χ4n) is 4.33. The normalized spacial score (nSPS) is 18.5. The summed E-state index contributed by atoms with van der Waals surface area (Å²) in [5.41, 5.74) is 3.52. The van der Waals surface area contributed by atoms with Crippen LogP contribution in [0.1, 0.15) is 51.3 Å². The summed E-state index contributed by atoms with van der Waals surface area (Å²) in [5.74, 6) is -0.378. The molecule has 2 heterocycles. The number of hydrogen-bond donors (Lipinski definition) is 1. The number of nitrogens with one attached hydrogen (secondary N) is 1. The van der Waals surface area contributed by atoms with E-state index in [0.717, 1.165) is 16.8 Å². The number of benzene rings is 1. The Hall–Kier alpha value is -3.30. The van der Waals surface area contributed by atoms with Gasteiger partial charge in [-0.1, -0.05) is 0 Å². The van der Waals surface area contributed by atoms with Crippen LogP contribution in [0.3, 0.4) is 0 Å². The molecule has 2 atom stereocenters. The molecule has 1 fully saturated rings. The highest BCUT2D eigenvalue weighted by Crippen LogP contribution is 2.39. The van der Waals surface area contributed by atoms with Crippen LogP contribution in [0.15, 0.2) is 36.5 Å². The van der Waals surface area contributed by atoms with E-state index in [9.17, 15) is 13.2 Å². The number of aryl methyl sites for hydroxylation is 1. The number of aromatic nitrogens is 4. The lowest BCUT2D eigenvalue weighted by atomic mass is 9.87. The van der Waals surface area contributed by atoms with Crippen LogP contribution in [0.25, 0.3) is 11.1 Å². The van der Waals surface area contributed by atoms with Crippen molar-refractivity contribution in [1.82, 2.24) is 19.7 Å². The van der Waals surface area contributed by atoms with Crippen molar-refractivity contribution in [3.63, 3.8) is 0 Å². The van der Waals surface area contributed by atoms with E-state index in [1.807, 2.05) is 51.1 Å². The number of nitrogens with zero attached hydrogens (tertiary/aromatic N) is 4. The zero-order valence-electron chi connectivity index (χ0n) is 20.3.